The zero-order valence-corrected chi connectivity index (χ0v) is 28.7. The minimum absolute atomic E-state index is 0.00346. The normalized spacial score (nSPS) is 30.4. The van der Waals surface area contributed by atoms with Crippen LogP contribution < -0.4 is 20.1 Å². The van der Waals surface area contributed by atoms with Gasteiger partial charge in [0, 0.05) is 42.8 Å². The molecule has 3 N–H and O–H groups in total. The second-order valence-electron chi connectivity index (χ2n) is 15.2. The van der Waals surface area contributed by atoms with Crippen molar-refractivity contribution in [3.63, 3.8) is 0 Å². The minimum Gasteiger partial charge on any atom is -0.493 e. The number of methoxy groups -OCH3 is 2. The largest absolute Gasteiger partial charge is 0.493 e. The number of aliphatic hydroxyl groups excluding tert-OH is 1. The van der Waals surface area contributed by atoms with Crippen LogP contribution in [0, 0.1) is 17.8 Å². The Morgan fingerprint density at radius 2 is 1.57 bits per heavy atom. The second kappa shape index (κ2) is 13.6. The van der Waals surface area contributed by atoms with Crippen molar-refractivity contribution in [2.75, 3.05) is 32.6 Å². The van der Waals surface area contributed by atoms with Crippen molar-refractivity contribution in [3.05, 3.63) is 88.5 Å². The van der Waals surface area contributed by atoms with Crippen LogP contribution in [0.3, 0.4) is 0 Å². The Labute approximate surface area is 289 Å². The van der Waals surface area contributed by atoms with Crippen molar-refractivity contribution in [3.8, 4) is 11.5 Å². The van der Waals surface area contributed by atoms with E-state index in [2.05, 4.69) is 27.7 Å². The number of carbonyl (C=O) groups is 1. The molecular weight excluding hydrogens is 618 g/mol. The van der Waals surface area contributed by atoms with Crippen molar-refractivity contribution >= 4 is 11.7 Å². The van der Waals surface area contributed by atoms with Gasteiger partial charge in [0.25, 0.3) is 0 Å². The number of carbonyl (C=O) groups excluding carboxylic acids is 1. The third kappa shape index (κ3) is 6.91. The van der Waals surface area contributed by atoms with Gasteiger partial charge in [-0.25, -0.2) is 4.79 Å². The van der Waals surface area contributed by atoms with E-state index in [4.69, 9.17) is 18.9 Å². The SMILES string of the molecule is COc1cc2c(cc1OC)CN(C[C@H]1C[C@@H](c3ccc(CO)cc3)O[C@@H](c3cccc(NC(=O)NC45CC6CC(CC(C6)C4)C5)c3)O1)CC2. The highest BCUT2D eigenvalue weighted by Gasteiger charge is 2.51. The Kier molecular flexibility index (Phi) is 9.03. The fourth-order valence-electron chi connectivity index (χ4n) is 9.85. The molecule has 3 atom stereocenters. The van der Waals surface area contributed by atoms with Crippen LogP contribution in [0.2, 0.25) is 0 Å². The molecule has 9 rings (SSSR count). The first-order chi connectivity index (χ1) is 23.9. The molecule has 0 radical (unpaired) electrons. The Balaban J connectivity index is 0.980. The molecule has 2 amide bonds. The van der Waals surface area contributed by atoms with E-state index in [1.807, 2.05) is 48.5 Å². The smallest absolute Gasteiger partial charge is 0.319 e. The zero-order chi connectivity index (χ0) is 33.5. The van der Waals surface area contributed by atoms with Gasteiger partial charge in [0.2, 0.25) is 0 Å². The molecule has 0 spiro atoms. The van der Waals surface area contributed by atoms with Gasteiger partial charge >= 0.3 is 6.03 Å². The Morgan fingerprint density at radius 1 is 0.878 bits per heavy atom. The zero-order valence-electron chi connectivity index (χ0n) is 28.7. The maximum Gasteiger partial charge on any atom is 0.319 e. The number of nitrogens with zero attached hydrogens (tertiary/aromatic N) is 1. The Morgan fingerprint density at radius 3 is 2.24 bits per heavy atom. The van der Waals surface area contributed by atoms with Gasteiger partial charge in [0.1, 0.15) is 0 Å². The summed E-state index contributed by atoms with van der Waals surface area (Å²) in [6.45, 7) is 2.48. The summed E-state index contributed by atoms with van der Waals surface area (Å²) >= 11 is 0. The molecule has 3 aromatic carbocycles. The van der Waals surface area contributed by atoms with Gasteiger partial charge in [-0.3, -0.25) is 4.90 Å². The number of amides is 2. The summed E-state index contributed by atoms with van der Waals surface area (Å²) < 4.78 is 24.5. The molecule has 4 bridgehead atoms. The van der Waals surface area contributed by atoms with E-state index in [9.17, 15) is 9.90 Å². The summed E-state index contributed by atoms with van der Waals surface area (Å²) in [6.07, 6.45) is 8.12. The average molecular weight is 668 g/mol. The number of hydrogen-bond acceptors (Lipinski definition) is 7. The molecule has 9 nitrogen and oxygen atoms in total. The molecule has 2 heterocycles. The van der Waals surface area contributed by atoms with Crippen molar-refractivity contribution in [2.24, 2.45) is 17.8 Å². The highest BCUT2D eigenvalue weighted by Crippen LogP contribution is 2.55. The van der Waals surface area contributed by atoms with E-state index < -0.39 is 6.29 Å². The lowest BCUT2D eigenvalue weighted by Gasteiger charge is -2.56. The number of aliphatic hydroxyl groups is 1. The third-order valence-corrected chi connectivity index (χ3v) is 11.7. The van der Waals surface area contributed by atoms with E-state index in [1.165, 1.54) is 30.4 Å². The summed E-state index contributed by atoms with van der Waals surface area (Å²) in [4.78, 5) is 15.8. The maximum absolute atomic E-state index is 13.4. The van der Waals surface area contributed by atoms with E-state index in [0.29, 0.717) is 6.42 Å². The van der Waals surface area contributed by atoms with Crippen molar-refractivity contribution in [1.82, 2.24) is 10.2 Å². The predicted molar refractivity (Wildman–Crippen MR) is 186 cm³/mol. The Bertz CT molecular complexity index is 1620. The summed E-state index contributed by atoms with van der Waals surface area (Å²) in [7, 11) is 3.35. The lowest BCUT2D eigenvalue weighted by Crippen LogP contribution is -2.60. The first kappa shape index (κ1) is 32.6. The number of rotatable bonds is 9. The van der Waals surface area contributed by atoms with Gasteiger partial charge in [-0.05, 0) is 109 Å². The highest BCUT2D eigenvalue weighted by atomic mass is 16.7. The van der Waals surface area contributed by atoms with E-state index in [-0.39, 0.29) is 30.4 Å². The molecular formula is C40H49N3O6. The standard InChI is InChI=1S/C40H49N3O6/c1-46-36-16-30-10-11-43(22-32(30)17-37(36)47-2)23-34-18-35(29-8-6-25(24-44)7-9-29)49-38(48-34)31-4-3-5-33(15-31)41-39(45)42-40-19-26-12-27(20-40)14-28(13-26)21-40/h3-9,15-17,26-28,34-35,38,44H,10-14,18-24H2,1-2H3,(H2,41,42,45)/t26?,27?,28?,34-,35+,38+,40?/m1/s1. The van der Waals surface area contributed by atoms with Crippen LogP contribution >= 0.6 is 0 Å². The quantitative estimate of drug-likeness (QED) is 0.229. The molecule has 4 saturated carbocycles. The van der Waals surface area contributed by atoms with E-state index >= 15 is 0 Å². The molecule has 5 fully saturated rings. The number of ether oxygens (including phenoxy) is 4. The van der Waals surface area contributed by atoms with E-state index in [0.717, 1.165) is 96.9 Å². The van der Waals surface area contributed by atoms with E-state index in [1.54, 1.807) is 14.2 Å². The molecule has 1 saturated heterocycles. The van der Waals surface area contributed by atoms with Crippen molar-refractivity contribution in [1.29, 1.82) is 0 Å². The van der Waals surface area contributed by atoms with Gasteiger partial charge in [-0.15, -0.1) is 0 Å². The first-order valence-corrected chi connectivity index (χ1v) is 18.0. The van der Waals surface area contributed by atoms with Crippen molar-refractivity contribution in [2.45, 2.75) is 88.6 Å². The summed E-state index contributed by atoms with van der Waals surface area (Å²) in [5, 5.41) is 16.2. The van der Waals surface area contributed by atoms with Gasteiger partial charge in [0.15, 0.2) is 17.8 Å². The maximum atomic E-state index is 13.4. The number of nitrogens with one attached hydrogen (secondary N) is 2. The lowest BCUT2D eigenvalue weighted by molar-refractivity contribution is -0.253. The van der Waals surface area contributed by atoms with Crippen LogP contribution in [0.4, 0.5) is 10.5 Å². The first-order valence-electron chi connectivity index (χ1n) is 18.0. The summed E-state index contributed by atoms with van der Waals surface area (Å²) in [5.74, 6) is 3.81. The van der Waals surface area contributed by atoms with Crippen LogP contribution in [0.15, 0.2) is 60.7 Å². The molecule has 6 aliphatic rings. The second-order valence-corrected chi connectivity index (χ2v) is 15.2. The predicted octanol–water partition coefficient (Wildman–Crippen LogP) is 6.89. The third-order valence-electron chi connectivity index (χ3n) is 11.7. The molecule has 2 aliphatic heterocycles. The molecule has 9 heteroatoms. The fraction of sp³-hybridized carbons (Fsp3) is 0.525. The van der Waals surface area contributed by atoms with Crippen LogP contribution in [-0.2, 0) is 29.0 Å². The number of fused-ring (bicyclic) bond motifs is 1. The van der Waals surface area contributed by atoms with Crippen LogP contribution in [-0.4, -0.2) is 55.0 Å². The molecule has 0 unspecified atom stereocenters. The van der Waals surface area contributed by atoms with Crippen LogP contribution in [0.25, 0.3) is 0 Å². The summed E-state index contributed by atoms with van der Waals surface area (Å²) in [5.41, 5.74) is 6.01. The lowest BCUT2D eigenvalue weighted by atomic mass is 9.53. The number of benzene rings is 3. The molecule has 4 aliphatic carbocycles. The molecule has 3 aromatic rings. The monoisotopic (exact) mass is 667 g/mol. The highest BCUT2D eigenvalue weighted by molar-refractivity contribution is 5.90. The number of hydrogen-bond donors (Lipinski definition) is 3. The number of urea groups is 1. The van der Waals surface area contributed by atoms with Gasteiger partial charge in [-0.1, -0.05) is 36.4 Å². The van der Waals surface area contributed by atoms with Crippen LogP contribution in [0.5, 0.6) is 11.5 Å². The summed E-state index contributed by atoms with van der Waals surface area (Å²) in [6, 6.07) is 19.9. The van der Waals surface area contributed by atoms with Gasteiger partial charge < -0.3 is 34.7 Å². The number of anilines is 1. The van der Waals surface area contributed by atoms with Gasteiger partial charge in [-0.2, -0.15) is 0 Å². The topological polar surface area (TPSA) is 102 Å². The molecule has 49 heavy (non-hydrogen) atoms. The van der Waals surface area contributed by atoms with Gasteiger partial charge in [0.05, 0.1) is 33.0 Å². The fourth-order valence-corrected chi connectivity index (χ4v) is 9.85. The van der Waals surface area contributed by atoms with Crippen molar-refractivity contribution < 1.29 is 28.8 Å². The Hall–Kier alpha value is -3.63. The van der Waals surface area contributed by atoms with Crippen LogP contribution in [0.1, 0.15) is 85.2 Å². The molecule has 0 aromatic heterocycles. The minimum atomic E-state index is -0.601. The average Bonchev–Trinajstić information content (AvgIpc) is 3.10. The molecule has 260 valence electrons.